The van der Waals surface area contributed by atoms with Gasteiger partial charge in [-0.05, 0) is 43.9 Å². The van der Waals surface area contributed by atoms with Crippen LogP contribution in [0.4, 0.5) is 0 Å². The summed E-state index contributed by atoms with van der Waals surface area (Å²) in [5.41, 5.74) is 0.642. The molecule has 1 amide bonds. The highest BCUT2D eigenvalue weighted by Gasteiger charge is 2.30. The van der Waals surface area contributed by atoms with E-state index in [0.29, 0.717) is 29.7 Å². The number of likely N-dealkylation sites (tertiary alicyclic amines) is 1. The molecule has 0 N–H and O–H groups in total. The molecule has 4 rings (SSSR count). The Bertz CT molecular complexity index is 785. The van der Waals surface area contributed by atoms with E-state index >= 15 is 0 Å². The van der Waals surface area contributed by atoms with Crippen LogP contribution in [0.3, 0.4) is 0 Å². The predicted molar refractivity (Wildman–Crippen MR) is 98.0 cm³/mol. The average Bonchev–Trinajstić information content (AvgIpc) is 3.24. The van der Waals surface area contributed by atoms with Gasteiger partial charge >= 0.3 is 0 Å². The number of piperidine rings is 1. The second-order valence-corrected chi connectivity index (χ2v) is 7.20. The lowest BCUT2D eigenvalue weighted by atomic mass is 9.96. The van der Waals surface area contributed by atoms with Crippen molar-refractivity contribution in [3.63, 3.8) is 0 Å². The minimum absolute atomic E-state index is 0.0165. The van der Waals surface area contributed by atoms with E-state index in [1.807, 2.05) is 23.1 Å². The first-order chi connectivity index (χ1) is 13.2. The summed E-state index contributed by atoms with van der Waals surface area (Å²) in [6, 6.07) is 7.28. The third kappa shape index (κ3) is 3.98. The molecule has 3 heterocycles. The van der Waals surface area contributed by atoms with Crippen molar-refractivity contribution in [3.8, 4) is 5.75 Å². The summed E-state index contributed by atoms with van der Waals surface area (Å²) >= 11 is 0. The van der Waals surface area contributed by atoms with Crippen molar-refractivity contribution >= 4 is 5.91 Å². The molecule has 2 aliphatic rings. The Kier molecular flexibility index (Phi) is 5.38. The molecule has 0 radical (unpaired) electrons. The van der Waals surface area contributed by atoms with Crippen LogP contribution in [-0.4, -0.2) is 54.4 Å². The minimum Gasteiger partial charge on any atom is -0.497 e. The molecule has 0 saturated carbocycles. The van der Waals surface area contributed by atoms with Gasteiger partial charge in [0.1, 0.15) is 5.75 Å². The number of carbonyl (C=O) groups excluding carboxylic acids is 1. The summed E-state index contributed by atoms with van der Waals surface area (Å²) < 4.78 is 16.2. The number of carbonyl (C=O) groups is 1. The molecule has 0 aliphatic carbocycles. The molecule has 7 nitrogen and oxygen atoms in total. The maximum absolute atomic E-state index is 12.9. The summed E-state index contributed by atoms with van der Waals surface area (Å²) in [4.78, 5) is 19.4. The number of hydrogen-bond donors (Lipinski definition) is 0. The Labute approximate surface area is 158 Å². The van der Waals surface area contributed by atoms with Crippen LogP contribution in [0.15, 0.2) is 28.8 Å². The number of ether oxygens (including phenoxy) is 2. The molecule has 7 heteroatoms. The molecule has 2 aromatic rings. The molecule has 2 fully saturated rings. The quantitative estimate of drug-likeness (QED) is 0.822. The van der Waals surface area contributed by atoms with E-state index in [2.05, 4.69) is 10.1 Å². The van der Waals surface area contributed by atoms with Crippen LogP contribution >= 0.6 is 0 Å². The van der Waals surface area contributed by atoms with E-state index in [1.165, 1.54) is 0 Å². The topological polar surface area (TPSA) is 77.7 Å². The number of methoxy groups -OCH3 is 1. The van der Waals surface area contributed by atoms with Gasteiger partial charge in [-0.3, -0.25) is 4.79 Å². The van der Waals surface area contributed by atoms with Crippen molar-refractivity contribution in [3.05, 3.63) is 41.5 Å². The maximum Gasteiger partial charge on any atom is 0.254 e. The van der Waals surface area contributed by atoms with Gasteiger partial charge < -0.3 is 18.9 Å². The number of rotatable bonds is 4. The van der Waals surface area contributed by atoms with Crippen LogP contribution in [0, 0.1) is 0 Å². The van der Waals surface area contributed by atoms with Crippen LogP contribution < -0.4 is 4.74 Å². The first-order valence-electron chi connectivity index (χ1n) is 9.59. The van der Waals surface area contributed by atoms with Gasteiger partial charge in [0.25, 0.3) is 5.91 Å². The van der Waals surface area contributed by atoms with Gasteiger partial charge in [-0.1, -0.05) is 11.2 Å². The minimum atomic E-state index is 0.0165. The summed E-state index contributed by atoms with van der Waals surface area (Å²) in [5.74, 6) is 2.54. The predicted octanol–water partition coefficient (Wildman–Crippen LogP) is 2.99. The average molecular weight is 371 g/mol. The molecule has 1 aromatic heterocycles. The van der Waals surface area contributed by atoms with Crippen molar-refractivity contribution in [2.75, 3.05) is 33.4 Å². The van der Waals surface area contributed by atoms with Crippen LogP contribution in [-0.2, 0) is 4.74 Å². The van der Waals surface area contributed by atoms with Gasteiger partial charge in [0.15, 0.2) is 5.82 Å². The zero-order valence-electron chi connectivity index (χ0n) is 15.6. The molecule has 2 aliphatic heterocycles. The standard InChI is InChI=1S/C20H25N3O4/c1-25-17-6-2-4-15(12-17)20(24)23-9-3-5-16(13-23)19-21-18(22-27-19)14-7-10-26-11-8-14/h2,4,6,12,14,16H,3,5,7-11,13H2,1H3. The van der Waals surface area contributed by atoms with E-state index < -0.39 is 0 Å². The van der Waals surface area contributed by atoms with Gasteiger partial charge in [-0.2, -0.15) is 4.98 Å². The highest BCUT2D eigenvalue weighted by atomic mass is 16.5. The van der Waals surface area contributed by atoms with Crippen molar-refractivity contribution in [2.24, 2.45) is 0 Å². The van der Waals surface area contributed by atoms with Crippen LogP contribution in [0.1, 0.15) is 59.6 Å². The van der Waals surface area contributed by atoms with E-state index in [1.54, 1.807) is 13.2 Å². The Morgan fingerprint density at radius 2 is 2.07 bits per heavy atom. The Hall–Kier alpha value is -2.41. The lowest BCUT2D eigenvalue weighted by Crippen LogP contribution is -2.39. The fourth-order valence-corrected chi connectivity index (χ4v) is 3.84. The summed E-state index contributed by atoms with van der Waals surface area (Å²) in [6.45, 7) is 2.85. The van der Waals surface area contributed by atoms with Crippen LogP contribution in [0.2, 0.25) is 0 Å². The van der Waals surface area contributed by atoms with E-state index in [0.717, 1.165) is 51.3 Å². The number of aromatic nitrogens is 2. The van der Waals surface area contributed by atoms with E-state index in [-0.39, 0.29) is 11.8 Å². The lowest BCUT2D eigenvalue weighted by Gasteiger charge is -2.31. The number of nitrogens with zero attached hydrogens (tertiary/aromatic N) is 3. The molecule has 0 spiro atoms. The second kappa shape index (κ2) is 8.08. The Morgan fingerprint density at radius 3 is 2.89 bits per heavy atom. The van der Waals surface area contributed by atoms with E-state index in [4.69, 9.17) is 14.0 Å². The summed E-state index contributed by atoms with van der Waals surface area (Å²) in [5, 5.41) is 4.20. The van der Waals surface area contributed by atoms with Gasteiger partial charge in [0, 0.05) is 37.8 Å². The largest absolute Gasteiger partial charge is 0.497 e. The smallest absolute Gasteiger partial charge is 0.254 e. The fraction of sp³-hybridized carbons (Fsp3) is 0.550. The second-order valence-electron chi connectivity index (χ2n) is 7.20. The van der Waals surface area contributed by atoms with Crippen molar-refractivity contribution in [1.82, 2.24) is 15.0 Å². The molecule has 1 unspecified atom stereocenters. The van der Waals surface area contributed by atoms with Gasteiger partial charge in [0.2, 0.25) is 5.89 Å². The molecule has 27 heavy (non-hydrogen) atoms. The first-order valence-corrected chi connectivity index (χ1v) is 9.59. The highest BCUT2D eigenvalue weighted by Crippen LogP contribution is 2.30. The maximum atomic E-state index is 12.9. The van der Waals surface area contributed by atoms with Crippen LogP contribution in [0.5, 0.6) is 5.75 Å². The first kappa shape index (κ1) is 18.0. The van der Waals surface area contributed by atoms with Crippen molar-refractivity contribution in [1.29, 1.82) is 0 Å². The Balaban J connectivity index is 1.44. The fourth-order valence-electron chi connectivity index (χ4n) is 3.84. The molecule has 2 saturated heterocycles. The van der Waals surface area contributed by atoms with Crippen molar-refractivity contribution in [2.45, 2.75) is 37.5 Å². The zero-order valence-corrected chi connectivity index (χ0v) is 15.6. The Morgan fingerprint density at radius 1 is 1.22 bits per heavy atom. The number of benzene rings is 1. The molecule has 1 aromatic carbocycles. The molecular weight excluding hydrogens is 346 g/mol. The monoisotopic (exact) mass is 371 g/mol. The highest BCUT2D eigenvalue weighted by molar-refractivity contribution is 5.94. The van der Waals surface area contributed by atoms with Crippen LogP contribution in [0.25, 0.3) is 0 Å². The van der Waals surface area contributed by atoms with Gasteiger partial charge in [-0.15, -0.1) is 0 Å². The van der Waals surface area contributed by atoms with E-state index in [9.17, 15) is 4.79 Å². The zero-order chi connectivity index (χ0) is 18.6. The number of amides is 1. The third-order valence-corrected chi connectivity index (χ3v) is 5.42. The third-order valence-electron chi connectivity index (χ3n) is 5.42. The SMILES string of the molecule is COc1cccc(C(=O)N2CCCC(c3nc(C4CCOCC4)no3)C2)c1. The lowest BCUT2D eigenvalue weighted by molar-refractivity contribution is 0.0695. The van der Waals surface area contributed by atoms with Gasteiger partial charge in [-0.25, -0.2) is 0 Å². The molecular formula is C20H25N3O4. The van der Waals surface area contributed by atoms with Gasteiger partial charge in [0.05, 0.1) is 13.0 Å². The summed E-state index contributed by atoms with van der Waals surface area (Å²) in [7, 11) is 1.60. The number of hydrogen-bond acceptors (Lipinski definition) is 6. The van der Waals surface area contributed by atoms with Crippen molar-refractivity contribution < 1.29 is 18.8 Å². The normalized spacial score (nSPS) is 21.2. The molecule has 144 valence electrons. The summed E-state index contributed by atoms with van der Waals surface area (Å²) in [6.07, 6.45) is 3.75. The molecule has 0 bridgehead atoms. The molecule has 1 atom stereocenters.